The van der Waals surface area contributed by atoms with Gasteiger partial charge in [-0.3, -0.25) is 9.10 Å². The summed E-state index contributed by atoms with van der Waals surface area (Å²) in [6.45, 7) is 5.39. The number of nitrogens with zero attached hydrogens (tertiary/aromatic N) is 1. The normalized spacial score (nSPS) is 16.7. The quantitative estimate of drug-likeness (QED) is 0.427. The van der Waals surface area contributed by atoms with Crippen molar-refractivity contribution in [2.24, 2.45) is 0 Å². The van der Waals surface area contributed by atoms with E-state index in [2.05, 4.69) is 5.32 Å². The molecule has 1 atom stereocenters. The molecule has 184 valence electrons. The van der Waals surface area contributed by atoms with Crippen molar-refractivity contribution in [2.75, 3.05) is 10.8 Å². The van der Waals surface area contributed by atoms with Crippen molar-refractivity contribution in [2.45, 2.75) is 43.7 Å². The molecule has 0 spiro atoms. The largest absolute Gasteiger partial charge is 0.487 e. The molecule has 9 heteroatoms. The maximum Gasteiger partial charge on any atom is 0.264 e. The highest BCUT2D eigenvalue weighted by atomic mass is 35.5. The first-order chi connectivity index (χ1) is 16.5. The second kappa shape index (κ2) is 9.72. The number of sulfonamides is 1. The zero-order valence-corrected chi connectivity index (χ0v) is 21.9. The van der Waals surface area contributed by atoms with Crippen molar-refractivity contribution in [1.82, 2.24) is 5.32 Å². The number of aryl methyl sites for hydroxylation is 1. The Hall–Kier alpha value is -2.74. The van der Waals surface area contributed by atoms with Crippen molar-refractivity contribution in [3.63, 3.8) is 0 Å². The Labute approximate surface area is 215 Å². The van der Waals surface area contributed by atoms with E-state index in [-0.39, 0.29) is 26.7 Å². The third-order valence-electron chi connectivity index (χ3n) is 5.78. The van der Waals surface area contributed by atoms with Gasteiger partial charge in [0.15, 0.2) is 0 Å². The predicted molar refractivity (Wildman–Crippen MR) is 139 cm³/mol. The van der Waals surface area contributed by atoms with Gasteiger partial charge in [0, 0.05) is 12.0 Å². The highest BCUT2D eigenvalue weighted by Crippen LogP contribution is 2.40. The van der Waals surface area contributed by atoms with E-state index in [1.165, 1.54) is 18.2 Å². The van der Waals surface area contributed by atoms with Crippen LogP contribution in [0.5, 0.6) is 5.75 Å². The molecule has 0 aliphatic carbocycles. The zero-order chi connectivity index (χ0) is 25.4. The lowest BCUT2D eigenvalue weighted by Crippen LogP contribution is -2.45. The first-order valence-electron chi connectivity index (χ1n) is 11.1. The van der Waals surface area contributed by atoms with Crippen LogP contribution in [0.4, 0.5) is 5.69 Å². The van der Waals surface area contributed by atoms with Gasteiger partial charge in [0.1, 0.15) is 17.9 Å². The molecule has 35 heavy (non-hydrogen) atoms. The number of hydrogen-bond donors (Lipinski definition) is 1. The average molecular weight is 533 g/mol. The van der Waals surface area contributed by atoms with Crippen molar-refractivity contribution < 1.29 is 17.9 Å². The fourth-order valence-electron chi connectivity index (χ4n) is 4.18. The summed E-state index contributed by atoms with van der Waals surface area (Å²) in [4.78, 5) is 13.4. The minimum atomic E-state index is -4.11. The Kier molecular flexibility index (Phi) is 7.04. The van der Waals surface area contributed by atoms with Crippen LogP contribution in [0.15, 0.2) is 71.6 Å². The lowest BCUT2D eigenvalue weighted by Gasteiger charge is -2.38. The molecule has 0 fully saturated rings. The minimum Gasteiger partial charge on any atom is -0.487 e. The molecule has 0 saturated carbocycles. The number of carbonyl (C=O) groups is 1. The number of amides is 1. The monoisotopic (exact) mass is 532 g/mol. The molecule has 0 radical (unpaired) electrons. The van der Waals surface area contributed by atoms with Crippen LogP contribution in [0, 0.1) is 6.92 Å². The summed E-state index contributed by atoms with van der Waals surface area (Å²) >= 11 is 12.6. The summed E-state index contributed by atoms with van der Waals surface area (Å²) in [6, 6.07) is 18.0. The maximum absolute atomic E-state index is 13.6. The van der Waals surface area contributed by atoms with Gasteiger partial charge in [-0.2, -0.15) is 0 Å². The number of carbonyl (C=O) groups excluding carboxylic acids is 1. The molecule has 1 aliphatic rings. The summed E-state index contributed by atoms with van der Waals surface area (Å²) in [5, 5.41) is 3.25. The van der Waals surface area contributed by atoms with Gasteiger partial charge >= 0.3 is 0 Å². The number of hydrogen-bond acceptors (Lipinski definition) is 4. The van der Waals surface area contributed by atoms with E-state index in [1.54, 1.807) is 30.3 Å². The van der Waals surface area contributed by atoms with E-state index >= 15 is 0 Å². The van der Waals surface area contributed by atoms with Crippen LogP contribution in [0.3, 0.4) is 0 Å². The molecule has 1 aliphatic heterocycles. The number of rotatable bonds is 6. The van der Waals surface area contributed by atoms with Crippen molar-refractivity contribution in [1.29, 1.82) is 0 Å². The molecule has 1 amide bonds. The first kappa shape index (κ1) is 25.4. The summed E-state index contributed by atoms with van der Waals surface area (Å²) in [6.07, 6.45) is 0.526. The van der Waals surface area contributed by atoms with Crippen LogP contribution in [-0.4, -0.2) is 26.5 Å². The Morgan fingerprint density at radius 2 is 1.80 bits per heavy atom. The Balaban J connectivity index is 1.69. The number of anilines is 1. The first-order valence-corrected chi connectivity index (χ1v) is 13.3. The summed E-state index contributed by atoms with van der Waals surface area (Å²) in [7, 11) is -4.11. The van der Waals surface area contributed by atoms with Crippen LogP contribution in [0.1, 0.15) is 37.4 Å². The molecule has 0 saturated heterocycles. The predicted octanol–water partition coefficient (Wildman–Crippen LogP) is 5.92. The van der Waals surface area contributed by atoms with E-state index in [0.717, 1.165) is 15.4 Å². The number of halogens is 2. The third kappa shape index (κ3) is 5.42. The maximum atomic E-state index is 13.6. The summed E-state index contributed by atoms with van der Waals surface area (Å²) in [5.74, 6) is 0.222. The number of fused-ring (bicyclic) bond motifs is 1. The smallest absolute Gasteiger partial charge is 0.264 e. The highest BCUT2D eigenvalue weighted by Gasteiger charge is 2.36. The molecule has 3 aromatic rings. The minimum absolute atomic E-state index is 0.0389. The summed E-state index contributed by atoms with van der Waals surface area (Å²) < 4.78 is 34.3. The van der Waals surface area contributed by atoms with Gasteiger partial charge in [0.2, 0.25) is 5.91 Å². The molecule has 0 aromatic heterocycles. The molecule has 6 nitrogen and oxygen atoms in total. The Morgan fingerprint density at radius 1 is 1.09 bits per heavy atom. The van der Waals surface area contributed by atoms with Gasteiger partial charge in [0.05, 0.1) is 26.7 Å². The Morgan fingerprint density at radius 3 is 2.51 bits per heavy atom. The number of nitrogens with one attached hydrogen (secondary N) is 1. The van der Waals surface area contributed by atoms with E-state index in [0.29, 0.717) is 12.2 Å². The fraction of sp³-hybridized carbons (Fsp3) is 0.269. The second-order valence-corrected chi connectivity index (χ2v) is 11.8. The van der Waals surface area contributed by atoms with Crippen LogP contribution >= 0.6 is 23.2 Å². The van der Waals surface area contributed by atoms with E-state index in [1.807, 2.05) is 39.0 Å². The number of ether oxygens (including phenoxy) is 1. The molecule has 4 rings (SSSR count). The molecular weight excluding hydrogens is 507 g/mol. The van der Waals surface area contributed by atoms with E-state index in [4.69, 9.17) is 27.9 Å². The van der Waals surface area contributed by atoms with Crippen LogP contribution in [0.2, 0.25) is 10.0 Å². The Bertz CT molecular complexity index is 1360. The topological polar surface area (TPSA) is 75.7 Å². The lowest BCUT2D eigenvalue weighted by molar-refractivity contribution is -0.120. The molecule has 1 N–H and O–H groups in total. The fourth-order valence-corrected chi connectivity index (χ4v) is 6.08. The van der Waals surface area contributed by atoms with Crippen LogP contribution < -0.4 is 14.4 Å². The molecule has 0 bridgehead atoms. The molecule has 1 heterocycles. The van der Waals surface area contributed by atoms with Crippen molar-refractivity contribution >= 4 is 44.8 Å². The average Bonchev–Trinajstić information content (AvgIpc) is 2.80. The SMILES string of the molecule is Cc1ccc2c(c1)C(NC(=O)CN(c1cccc(Cl)c1Cl)S(=O)(=O)c1ccccc1)CC(C)(C)O2. The van der Waals surface area contributed by atoms with Gasteiger partial charge in [-0.25, -0.2) is 8.42 Å². The molecule has 1 unspecified atom stereocenters. The standard InChI is InChI=1S/C26H26Cl2N2O4S/c1-17-12-13-23-19(14-17)21(15-26(2,3)34-23)29-24(31)16-30(22-11-7-10-20(27)25(22)28)35(32,33)18-8-5-4-6-9-18/h4-14,21H,15-16H2,1-3H3,(H,29,31). The van der Waals surface area contributed by atoms with E-state index in [9.17, 15) is 13.2 Å². The number of benzene rings is 3. The van der Waals surface area contributed by atoms with Gasteiger partial charge in [-0.15, -0.1) is 0 Å². The highest BCUT2D eigenvalue weighted by molar-refractivity contribution is 7.92. The second-order valence-electron chi connectivity index (χ2n) is 9.12. The molecule has 3 aromatic carbocycles. The van der Waals surface area contributed by atoms with E-state index < -0.39 is 28.1 Å². The van der Waals surface area contributed by atoms with Gasteiger partial charge in [0.25, 0.3) is 10.0 Å². The van der Waals surface area contributed by atoms with Crippen LogP contribution in [0.25, 0.3) is 0 Å². The van der Waals surface area contributed by atoms with Crippen molar-refractivity contribution in [3.05, 3.63) is 87.9 Å². The van der Waals surface area contributed by atoms with Gasteiger partial charge in [-0.1, -0.05) is 65.2 Å². The summed E-state index contributed by atoms with van der Waals surface area (Å²) in [5.41, 5.74) is 1.51. The van der Waals surface area contributed by atoms with Crippen molar-refractivity contribution in [3.8, 4) is 5.75 Å². The van der Waals surface area contributed by atoms with Gasteiger partial charge in [-0.05, 0) is 51.1 Å². The third-order valence-corrected chi connectivity index (χ3v) is 8.36. The van der Waals surface area contributed by atoms with Crippen LogP contribution in [-0.2, 0) is 14.8 Å². The zero-order valence-electron chi connectivity index (χ0n) is 19.6. The lowest BCUT2D eigenvalue weighted by atomic mass is 9.89. The van der Waals surface area contributed by atoms with Gasteiger partial charge < -0.3 is 10.1 Å². The molecular formula is C26H26Cl2N2O4S.